The van der Waals surface area contributed by atoms with E-state index in [1.807, 2.05) is 4.90 Å². The van der Waals surface area contributed by atoms with Gasteiger partial charge in [-0.2, -0.15) is 4.98 Å². The first-order chi connectivity index (χ1) is 14.9. The number of H-pyrrole nitrogens is 1. The summed E-state index contributed by atoms with van der Waals surface area (Å²) in [7, 11) is 1.63. The zero-order chi connectivity index (χ0) is 22.1. The Balaban J connectivity index is 1.47. The highest BCUT2D eigenvalue weighted by molar-refractivity contribution is 5.69. The second kappa shape index (κ2) is 8.43. The molecule has 1 aliphatic heterocycles. The number of benzene rings is 1. The molecule has 0 aliphatic carbocycles. The van der Waals surface area contributed by atoms with Crippen molar-refractivity contribution in [3.8, 4) is 5.75 Å². The molecule has 31 heavy (non-hydrogen) atoms. The van der Waals surface area contributed by atoms with Gasteiger partial charge in [-0.3, -0.25) is 9.78 Å². The number of fused-ring (bicyclic) bond motifs is 1. The van der Waals surface area contributed by atoms with Crippen LogP contribution < -0.4 is 20.1 Å². The molecule has 0 bridgehead atoms. The minimum Gasteiger partial charge on any atom is -0.491 e. The van der Waals surface area contributed by atoms with Crippen molar-refractivity contribution in [2.75, 3.05) is 49.2 Å². The van der Waals surface area contributed by atoms with E-state index >= 15 is 0 Å². The Morgan fingerprint density at radius 1 is 1.19 bits per heavy atom. The predicted octanol–water partition coefficient (Wildman–Crippen LogP) is -0.612. The van der Waals surface area contributed by atoms with E-state index in [9.17, 15) is 18.7 Å². The van der Waals surface area contributed by atoms with Gasteiger partial charge in [0.25, 0.3) is 5.56 Å². The molecule has 1 aromatic carbocycles. The summed E-state index contributed by atoms with van der Waals surface area (Å²) >= 11 is 0. The van der Waals surface area contributed by atoms with E-state index in [0.29, 0.717) is 37.8 Å². The van der Waals surface area contributed by atoms with Crippen LogP contribution in [0.3, 0.4) is 0 Å². The van der Waals surface area contributed by atoms with Crippen LogP contribution >= 0.6 is 0 Å². The second-order valence-electron chi connectivity index (χ2n) is 7.13. The normalized spacial score (nSPS) is 15.5. The molecular formula is C18H21F2N7O4. The van der Waals surface area contributed by atoms with Crippen molar-refractivity contribution < 1.29 is 23.7 Å². The summed E-state index contributed by atoms with van der Waals surface area (Å²) in [6.45, 7) is 0.539. The lowest BCUT2D eigenvalue weighted by atomic mass is 10.2. The number of piperazine rings is 1. The summed E-state index contributed by atoms with van der Waals surface area (Å²) in [6.07, 6.45) is -1.14. The van der Waals surface area contributed by atoms with E-state index in [1.54, 1.807) is 11.9 Å². The first-order valence-electron chi connectivity index (χ1n) is 9.57. The Labute approximate surface area is 174 Å². The number of aromatic nitrogens is 5. The lowest BCUT2D eigenvalue weighted by Gasteiger charge is -2.36. The monoisotopic (exact) mass is 437 g/mol. The minimum absolute atomic E-state index is 0.0789. The van der Waals surface area contributed by atoms with Crippen LogP contribution in [0.25, 0.3) is 11.2 Å². The van der Waals surface area contributed by atoms with Crippen molar-refractivity contribution in [1.82, 2.24) is 25.0 Å². The van der Waals surface area contributed by atoms with Crippen molar-refractivity contribution in [3.05, 3.63) is 34.1 Å². The summed E-state index contributed by atoms with van der Waals surface area (Å²) in [4.78, 5) is 22.6. The standard InChI is InChI=1S/C18H21F2N7O4/c1-25-16-14(23-24-25)17(30)22-18(21-16)27-4-2-26(3-5-27)15-12(19)6-11(7-13(15)20)31-9-10(29)8-28/h6-7,10,28-29H,2-5,8-9H2,1H3,(H,21,22,30). The molecule has 1 atom stereocenters. The molecule has 3 aromatic rings. The number of aryl methyl sites for hydroxylation is 1. The van der Waals surface area contributed by atoms with E-state index in [-0.39, 0.29) is 23.6 Å². The number of hydrogen-bond acceptors (Lipinski definition) is 9. The van der Waals surface area contributed by atoms with E-state index in [0.717, 1.165) is 12.1 Å². The molecule has 1 fully saturated rings. The first kappa shape index (κ1) is 20.9. The molecule has 0 amide bonds. The lowest BCUT2D eigenvalue weighted by Crippen LogP contribution is -2.48. The minimum atomic E-state index is -1.14. The topological polar surface area (TPSA) is 133 Å². The highest BCUT2D eigenvalue weighted by Crippen LogP contribution is 2.29. The van der Waals surface area contributed by atoms with Gasteiger partial charge >= 0.3 is 0 Å². The van der Waals surface area contributed by atoms with Crippen LogP contribution in [0.1, 0.15) is 0 Å². The van der Waals surface area contributed by atoms with Crippen molar-refractivity contribution in [2.45, 2.75) is 6.10 Å². The molecular weight excluding hydrogens is 416 g/mol. The van der Waals surface area contributed by atoms with Gasteiger partial charge in [-0.05, 0) is 0 Å². The molecule has 1 unspecified atom stereocenters. The summed E-state index contributed by atoms with van der Waals surface area (Å²) in [5.41, 5.74) is -0.0972. The van der Waals surface area contributed by atoms with Gasteiger partial charge < -0.3 is 24.7 Å². The van der Waals surface area contributed by atoms with Gasteiger partial charge in [-0.25, -0.2) is 13.5 Å². The van der Waals surface area contributed by atoms with Crippen LogP contribution in [-0.4, -0.2) is 80.7 Å². The van der Waals surface area contributed by atoms with Crippen LogP contribution in [0.15, 0.2) is 16.9 Å². The van der Waals surface area contributed by atoms with Crippen molar-refractivity contribution >= 4 is 22.8 Å². The molecule has 13 heteroatoms. The maximum atomic E-state index is 14.6. The Bertz CT molecular complexity index is 1120. The van der Waals surface area contributed by atoms with Crippen molar-refractivity contribution in [1.29, 1.82) is 0 Å². The molecule has 0 spiro atoms. The predicted molar refractivity (Wildman–Crippen MR) is 106 cm³/mol. The average Bonchev–Trinajstić information content (AvgIpc) is 3.13. The fraction of sp³-hybridized carbons (Fsp3) is 0.444. The molecule has 0 saturated carbocycles. The third kappa shape index (κ3) is 4.14. The summed E-state index contributed by atoms with van der Waals surface area (Å²) in [6, 6.07) is 2.08. The van der Waals surface area contributed by atoms with Crippen LogP contribution in [0.5, 0.6) is 5.75 Å². The summed E-state index contributed by atoms with van der Waals surface area (Å²) in [5, 5.41) is 25.6. The van der Waals surface area contributed by atoms with Gasteiger partial charge in [0.1, 0.15) is 24.1 Å². The zero-order valence-corrected chi connectivity index (χ0v) is 16.6. The van der Waals surface area contributed by atoms with Crippen LogP contribution in [-0.2, 0) is 7.05 Å². The summed E-state index contributed by atoms with van der Waals surface area (Å²) in [5.74, 6) is -1.33. The molecule has 3 N–H and O–H groups in total. The van der Waals surface area contributed by atoms with Gasteiger partial charge in [-0.15, -0.1) is 5.10 Å². The molecule has 1 aliphatic rings. The van der Waals surface area contributed by atoms with Gasteiger partial charge in [-0.1, -0.05) is 5.21 Å². The van der Waals surface area contributed by atoms with Gasteiger partial charge in [0.2, 0.25) is 5.95 Å². The Morgan fingerprint density at radius 3 is 2.48 bits per heavy atom. The van der Waals surface area contributed by atoms with Gasteiger partial charge in [0.15, 0.2) is 22.8 Å². The first-order valence-corrected chi connectivity index (χ1v) is 9.57. The Morgan fingerprint density at radius 2 is 1.84 bits per heavy atom. The molecule has 2 aromatic heterocycles. The number of anilines is 2. The smallest absolute Gasteiger partial charge is 0.282 e. The Hall–Kier alpha value is -3.32. The van der Waals surface area contributed by atoms with E-state index in [1.165, 1.54) is 4.68 Å². The van der Waals surface area contributed by atoms with Crippen LogP contribution in [0.2, 0.25) is 0 Å². The number of nitrogens with zero attached hydrogens (tertiary/aromatic N) is 6. The number of aliphatic hydroxyl groups excluding tert-OH is 2. The van der Waals surface area contributed by atoms with Gasteiger partial charge in [0.05, 0.1) is 6.61 Å². The highest BCUT2D eigenvalue weighted by Gasteiger charge is 2.25. The third-order valence-electron chi connectivity index (χ3n) is 4.99. The SMILES string of the molecule is Cn1nnc2c(=O)[nH]c(N3CCN(c4c(F)cc(OCC(O)CO)cc4F)CC3)nc21. The fourth-order valence-corrected chi connectivity index (χ4v) is 3.38. The van der Waals surface area contributed by atoms with Crippen LogP contribution in [0.4, 0.5) is 20.4 Å². The molecule has 0 radical (unpaired) electrons. The van der Waals surface area contributed by atoms with Crippen molar-refractivity contribution in [3.63, 3.8) is 0 Å². The number of aromatic amines is 1. The highest BCUT2D eigenvalue weighted by atomic mass is 19.1. The van der Waals surface area contributed by atoms with E-state index in [2.05, 4.69) is 20.3 Å². The van der Waals surface area contributed by atoms with Gasteiger partial charge in [0, 0.05) is 45.4 Å². The molecule has 166 valence electrons. The maximum absolute atomic E-state index is 14.6. The molecule has 3 heterocycles. The number of nitrogens with one attached hydrogen (secondary N) is 1. The zero-order valence-electron chi connectivity index (χ0n) is 16.6. The molecule has 4 rings (SSSR count). The molecule has 1 saturated heterocycles. The number of ether oxygens (including phenoxy) is 1. The Kier molecular flexibility index (Phi) is 5.69. The van der Waals surface area contributed by atoms with E-state index < -0.39 is 29.9 Å². The maximum Gasteiger partial charge on any atom is 0.282 e. The lowest BCUT2D eigenvalue weighted by molar-refractivity contribution is 0.0534. The summed E-state index contributed by atoms with van der Waals surface area (Å²) < 4.78 is 35.7. The molecule has 11 nitrogen and oxygen atoms in total. The number of hydrogen-bond donors (Lipinski definition) is 3. The fourth-order valence-electron chi connectivity index (χ4n) is 3.38. The largest absolute Gasteiger partial charge is 0.491 e. The van der Waals surface area contributed by atoms with Crippen LogP contribution in [0, 0.1) is 11.6 Å². The number of aliphatic hydroxyl groups is 2. The van der Waals surface area contributed by atoms with E-state index in [4.69, 9.17) is 9.84 Å². The third-order valence-corrected chi connectivity index (χ3v) is 4.99. The quantitative estimate of drug-likeness (QED) is 0.462. The number of rotatable bonds is 6. The second-order valence-corrected chi connectivity index (χ2v) is 7.13. The average molecular weight is 437 g/mol. The van der Waals surface area contributed by atoms with Crippen molar-refractivity contribution in [2.24, 2.45) is 7.05 Å². The number of halogens is 2.